The Labute approximate surface area is 748 Å². The van der Waals surface area contributed by atoms with Gasteiger partial charge in [0, 0.05) is 27.7 Å². The zero-order valence-corrected chi connectivity index (χ0v) is 71.3. The van der Waals surface area contributed by atoms with Crippen LogP contribution in [0.25, 0.3) is 0 Å². The van der Waals surface area contributed by atoms with Crippen molar-refractivity contribution in [3.8, 4) is 0 Å². The first-order valence-corrected chi connectivity index (χ1v) is 42.4. The standard InChI is InChI=1S/C74H124N4O54/c1-16-35(91)42(98)48(104)69(113-16)130-61-33(77-20(5)89)66(119-28(13-85)59(61)128-71-50(106)44(100)37(93)22(7-79)116-71)125-57-26(11-83)121-68(52(108)46(57)102)112-15-30-39(95)63(54(110)74(123-30)127-56-25(10-82)118-65(32(41(56)97)76-19(4)88)124-55-24(9-81)115-64(111)31(40(55)96)75-18(3)87)132-73-53(109)47(103)58(27(12-84)122-73)126-67-34(78-21(6)90)62(131-70-49(105)43(99)36(92)17(2)114-70)60(29(14-86)120-67)129-72-51(107)45(101)38(94)23(8-80)117-72/h16-17,22-74,79-86,91-111H,7-15H2,1-6H3,(H,75,87)(H,76,88)(H,77,89)(H,78,90)/t16-,17-,22+,23+,24+,25+,26+,27+,28+,29+,30+,31+,32+,33+,34+,35+,36+,37-,38-,39+,40+,41+,42+,43+,44-,45-,46+,47+,48-,49-,50+,51+,52-,53-,54-,55+,56+,57+,58+,59+,60+,61+,62+,63-,64+,65-,66-,67-,68-,69-,70-,71-,72-,73+,74-/m0/s1. The third-order valence-electron chi connectivity index (χ3n) is 24.5. The fourth-order valence-electron chi connectivity index (χ4n) is 17.3. The van der Waals surface area contributed by atoms with Gasteiger partial charge in [0.2, 0.25) is 23.6 Å². The normalized spacial score (nSPS) is 50.4. The van der Waals surface area contributed by atoms with Crippen LogP contribution in [0.15, 0.2) is 0 Å². The van der Waals surface area contributed by atoms with Crippen molar-refractivity contribution in [2.24, 2.45) is 0 Å². The number of carbonyl (C=O) groups is 4. The van der Waals surface area contributed by atoms with Crippen molar-refractivity contribution in [1.82, 2.24) is 21.3 Å². The van der Waals surface area contributed by atoms with Crippen LogP contribution in [-0.2, 0) is 119 Å². The lowest BCUT2D eigenvalue weighted by Gasteiger charge is -2.52. The number of rotatable bonds is 33. The van der Waals surface area contributed by atoms with E-state index in [1.807, 2.05) is 0 Å². The molecular formula is C74H124N4O54. The summed E-state index contributed by atoms with van der Waals surface area (Å²) in [6.07, 6.45) is -106. The second-order valence-corrected chi connectivity index (χ2v) is 33.7. The molecule has 11 heterocycles. The Bertz CT molecular complexity index is 3610. The monoisotopic (exact) mass is 1930 g/mol. The lowest BCUT2D eigenvalue weighted by molar-refractivity contribution is -0.397. The Morgan fingerprint density at radius 3 is 0.833 bits per heavy atom. The molecule has 0 saturated carbocycles. The molecule has 33 N–H and O–H groups in total. The zero-order chi connectivity index (χ0) is 97.1. The molecule has 0 radical (unpaired) electrons. The second kappa shape index (κ2) is 47.0. The third kappa shape index (κ3) is 23.5. The van der Waals surface area contributed by atoms with Crippen molar-refractivity contribution in [2.75, 3.05) is 59.5 Å². The Morgan fingerprint density at radius 2 is 0.455 bits per heavy atom. The van der Waals surface area contributed by atoms with E-state index in [9.17, 15) is 167 Å². The Balaban J connectivity index is 0.883. The van der Waals surface area contributed by atoms with Crippen LogP contribution in [0.1, 0.15) is 41.5 Å². The second-order valence-electron chi connectivity index (χ2n) is 33.7. The molecule has 0 aromatic carbocycles. The molecule has 11 fully saturated rings. The van der Waals surface area contributed by atoms with Gasteiger partial charge in [-0.3, -0.25) is 19.2 Å². The van der Waals surface area contributed by atoms with E-state index in [0.29, 0.717) is 0 Å². The lowest BCUT2D eigenvalue weighted by Crippen LogP contribution is -2.71. The smallest absolute Gasteiger partial charge is 0.217 e. The highest BCUT2D eigenvalue weighted by molar-refractivity contribution is 5.74. The number of hydrogen-bond acceptors (Lipinski definition) is 54. The summed E-state index contributed by atoms with van der Waals surface area (Å²) in [4.78, 5) is 51.9. The number of nitrogens with one attached hydrogen (secondary N) is 4. The Morgan fingerprint density at radius 1 is 0.212 bits per heavy atom. The maximum absolute atomic E-state index is 13.3. The van der Waals surface area contributed by atoms with Gasteiger partial charge in [-0.1, -0.05) is 0 Å². The number of amides is 4. The quantitative estimate of drug-likeness (QED) is 0.0290. The fourth-order valence-corrected chi connectivity index (χ4v) is 17.3. The molecule has 0 aromatic heterocycles. The summed E-state index contributed by atoms with van der Waals surface area (Å²) in [7, 11) is 0. The molecule has 132 heavy (non-hydrogen) atoms. The van der Waals surface area contributed by atoms with Crippen molar-refractivity contribution in [2.45, 2.75) is 379 Å². The molecule has 55 atom stereocenters. The number of carbonyl (C=O) groups excluding carboxylic acids is 4. The summed E-state index contributed by atoms with van der Waals surface area (Å²) in [5.41, 5.74) is 0. The van der Waals surface area contributed by atoms with Crippen LogP contribution in [0.4, 0.5) is 0 Å². The maximum atomic E-state index is 13.3. The number of ether oxygens (including phenoxy) is 21. The fraction of sp³-hybridized carbons (Fsp3) is 0.946. The van der Waals surface area contributed by atoms with E-state index in [-0.39, 0.29) is 0 Å². The molecule has 0 aliphatic carbocycles. The third-order valence-corrected chi connectivity index (χ3v) is 24.5. The van der Waals surface area contributed by atoms with Gasteiger partial charge in [0.25, 0.3) is 0 Å². The summed E-state index contributed by atoms with van der Waals surface area (Å²) in [5, 5.41) is 334. The van der Waals surface area contributed by atoms with E-state index in [4.69, 9.17) is 99.5 Å². The minimum atomic E-state index is -2.58. The highest BCUT2D eigenvalue weighted by Gasteiger charge is 2.63. The van der Waals surface area contributed by atoms with Crippen molar-refractivity contribution in [1.29, 1.82) is 0 Å². The summed E-state index contributed by atoms with van der Waals surface area (Å²) in [5.74, 6) is -3.70. The highest BCUT2D eigenvalue weighted by atomic mass is 16.8. The van der Waals surface area contributed by atoms with E-state index in [2.05, 4.69) is 21.3 Å². The van der Waals surface area contributed by atoms with Gasteiger partial charge in [-0.2, -0.15) is 0 Å². The summed E-state index contributed by atoms with van der Waals surface area (Å²) in [6, 6.07) is -7.50. The topological polar surface area (TPSA) is 897 Å². The van der Waals surface area contributed by atoms with E-state index in [0.717, 1.165) is 27.7 Å². The molecule has 11 saturated heterocycles. The summed E-state index contributed by atoms with van der Waals surface area (Å²) < 4.78 is 126. The zero-order valence-electron chi connectivity index (χ0n) is 71.3. The highest BCUT2D eigenvalue weighted by Crippen LogP contribution is 2.42. The average Bonchev–Trinajstić information content (AvgIpc) is 0.762. The Hall–Kier alpha value is -4.12. The van der Waals surface area contributed by atoms with E-state index < -0.39 is 421 Å². The van der Waals surface area contributed by atoms with Gasteiger partial charge in [-0.05, 0) is 13.8 Å². The molecule has 764 valence electrons. The van der Waals surface area contributed by atoms with Gasteiger partial charge in [-0.25, -0.2) is 0 Å². The minimum absolute atomic E-state index is 0.800. The van der Waals surface area contributed by atoms with Crippen LogP contribution < -0.4 is 21.3 Å². The van der Waals surface area contributed by atoms with Crippen molar-refractivity contribution >= 4 is 23.6 Å². The van der Waals surface area contributed by atoms with E-state index in [1.165, 1.54) is 13.8 Å². The van der Waals surface area contributed by atoms with Gasteiger partial charge in [0.05, 0.1) is 71.7 Å². The SMILES string of the molecule is CC(=O)N[C@@H]1[C@@H](O)[C@H](O[C@@H]2O[C@H](CO)[C@@H](O[C@@H]3O[C@H](CO[C@H]4O[C@H](CO)[C@@H](O[C@@H]5O[C@H](CO)[C@@H](O[C@@H]6O[C@H](CO)[C@H](O)[C@H](O)[C@H]6O)[C@H](O[C@@H]6O[C@@H](C)[C@@H](O)[C@@H](O)[C@@H]6O)[C@H]5NC(C)=O)[C@H](O)[C@@H]4O)[C@@H](O)[C@H](O[C@H]4O[C@H](CO)[C@@H](O[C@@H]5O[C@H](CO)[C@@H](O[C@@H]6O[C@H](CO)[C@H](O)[C@H](O)[C@H]6O)[C@H](O[C@@H]6O[C@@H](C)[C@@H](O)[C@@H](O)[C@@H]6O)[C@H]5NC(C)=O)[C@H](O)[C@@H]4O)[C@@H]3O)[C@H](O)[C@H]2NC(C)=O)[C@@H](CO)O[C@H]1O. The first kappa shape index (κ1) is 108. The predicted octanol–water partition coefficient (Wildman–Crippen LogP) is -22.3. The van der Waals surface area contributed by atoms with Crippen molar-refractivity contribution < 1.29 is 267 Å². The van der Waals surface area contributed by atoms with Crippen molar-refractivity contribution in [3.63, 3.8) is 0 Å². The van der Waals surface area contributed by atoms with Gasteiger partial charge in [-0.15, -0.1) is 0 Å². The van der Waals surface area contributed by atoms with Gasteiger partial charge < -0.3 is 269 Å². The Kier molecular flexibility index (Phi) is 38.5. The van der Waals surface area contributed by atoms with Gasteiger partial charge >= 0.3 is 0 Å². The molecule has 11 aliphatic heterocycles. The van der Waals surface area contributed by atoms with Crippen LogP contribution >= 0.6 is 0 Å². The van der Waals surface area contributed by atoms with Crippen LogP contribution in [-0.4, -0.2) is 569 Å². The van der Waals surface area contributed by atoms with Gasteiger partial charge in [0.1, 0.15) is 256 Å². The lowest BCUT2D eigenvalue weighted by atomic mass is 9.93. The van der Waals surface area contributed by atoms with Crippen LogP contribution in [0.5, 0.6) is 0 Å². The number of hydrogen-bond donors (Lipinski definition) is 33. The minimum Gasteiger partial charge on any atom is -0.394 e. The molecule has 0 unspecified atom stereocenters. The van der Waals surface area contributed by atoms with Crippen molar-refractivity contribution in [3.05, 3.63) is 0 Å². The van der Waals surface area contributed by atoms with Crippen LogP contribution in [0, 0.1) is 0 Å². The maximum Gasteiger partial charge on any atom is 0.217 e. The average molecular weight is 1930 g/mol. The first-order chi connectivity index (χ1) is 62.4. The van der Waals surface area contributed by atoms with E-state index >= 15 is 0 Å². The number of aliphatic hydroxyl groups is 29. The molecule has 0 bridgehead atoms. The molecule has 58 nitrogen and oxygen atoms in total. The first-order valence-electron chi connectivity index (χ1n) is 42.4. The predicted molar refractivity (Wildman–Crippen MR) is 406 cm³/mol. The van der Waals surface area contributed by atoms with Crippen LogP contribution in [0.2, 0.25) is 0 Å². The van der Waals surface area contributed by atoms with E-state index in [1.54, 1.807) is 0 Å². The van der Waals surface area contributed by atoms with Crippen LogP contribution in [0.3, 0.4) is 0 Å². The molecule has 0 spiro atoms. The molecular weight excluding hydrogens is 1810 g/mol. The molecule has 4 amide bonds. The summed E-state index contributed by atoms with van der Waals surface area (Å²) in [6.45, 7) is -4.00. The largest absolute Gasteiger partial charge is 0.394 e. The summed E-state index contributed by atoms with van der Waals surface area (Å²) >= 11 is 0. The molecule has 0 aromatic rings. The van der Waals surface area contributed by atoms with Gasteiger partial charge in [0.15, 0.2) is 69.2 Å². The number of aliphatic hydroxyl groups excluding tert-OH is 29. The molecule has 11 rings (SSSR count). The molecule has 58 heteroatoms. The molecule has 11 aliphatic rings.